The minimum Gasteiger partial charge on any atom is -0.467 e. The van der Waals surface area contributed by atoms with Crippen LogP contribution in [-0.2, 0) is 17.9 Å². The zero-order valence-corrected chi connectivity index (χ0v) is 20.8. The van der Waals surface area contributed by atoms with E-state index in [1.165, 1.54) is 22.5 Å². The van der Waals surface area contributed by atoms with Gasteiger partial charge in [0.25, 0.3) is 5.56 Å². The molecule has 0 saturated heterocycles. The maximum atomic E-state index is 13.0. The molecular weight excluding hydrogens is 450 g/mol. The van der Waals surface area contributed by atoms with Gasteiger partial charge in [0.2, 0.25) is 0 Å². The molecule has 0 radical (unpaired) electrons. The normalized spacial score (nSPS) is 12.8. The first-order chi connectivity index (χ1) is 16.3. The van der Waals surface area contributed by atoms with E-state index in [1.807, 2.05) is 17.5 Å². The third-order valence-electron chi connectivity index (χ3n) is 5.97. The Balaban J connectivity index is 1.47. The second-order valence-electron chi connectivity index (χ2n) is 8.91. The molecule has 3 aromatic heterocycles. The van der Waals surface area contributed by atoms with Gasteiger partial charge >= 0.3 is 0 Å². The second kappa shape index (κ2) is 10.7. The van der Waals surface area contributed by atoms with E-state index in [0.29, 0.717) is 30.9 Å². The maximum Gasteiger partial charge on any atom is 0.260 e. The number of fused-ring (bicyclic) bond motifs is 1. The van der Waals surface area contributed by atoms with Crippen molar-refractivity contribution in [3.8, 4) is 11.1 Å². The topological polar surface area (TPSA) is 91.6 Å². The van der Waals surface area contributed by atoms with Crippen molar-refractivity contribution >= 4 is 21.6 Å². The number of benzene rings is 1. The van der Waals surface area contributed by atoms with Gasteiger partial charge in [0, 0.05) is 23.5 Å². The van der Waals surface area contributed by atoms with Crippen LogP contribution in [0.2, 0.25) is 0 Å². The van der Waals surface area contributed by atoms with Crippen LogP contribution in [0.3, 0.4) is 0 Å². The molecule has 0 fully saturated rings. The Morgan fingerprint density at radius 3 is 2.76 bits per heavy atom. The fourth-order valence-corrected chi connectivity index (χ4v) is 4.82. The number of aliphatic hydroxyl groups excluding tert-OH is 1. The summed E-state index contributed by atoms with van der Waals surface area (Å²) in [6.45, 7) is 9.59. The molecular formula is C26H31N3O4S. The number of ether oxygens (including phenoxy) is 1. The number of thiophene rings is 1. The molecule has 4 rings (SSSR count). The molecule has 7 nitrogen and oxygen atoms in total. The van der Waals surface area contributed by atoms with Crippen molar-refractivity contribution < 1.29 is 14.3 Å². The molecule has 0 aliphatic rings. The van der Waals surface area contributed by atoms with E-state index in [1.54, 1.807) is 12.3 Å². The zero-order valence-electron chi connectivity index (χ0n) is 20.0. The molecule has 0 bridgehead atoms. The Morgan fingerprint density at radius 1 is 1.24 bits per heavy atom. The highest BCUT2D eigenvalue weighted by Gasteiger charge is 2.19. The average molecular weight is 482 g/mol. The SMILES string of the molecule is Cc1ccc(-c2csc3nc(CN(CC(O)COCc4ccco4)C(C)C)[nH]c(=O)c23)cc1C. The molecule has 0 aliphatic carbocycles. The summed E-state index contributed by atoms with van der Waals surface area (Å²) in [5, 5.41) is 13.1. The van der Waals surface area contributed by atoms with Crippen LogP contribution in [0.15, 0.2) is 51.2 Å². The van der Waals surface area contributed by atoms with Gasteiger partial charge in [-0.25, -0.2) is 4.98 Å². The third kappa shape index (κ3) is 5.64. The first kappa shape index (κ1) is 24.3. The van der Waals surface area contributed by atoms with E-state index in [2.05, 4.69) is 49.7 Å². The summed E-state index contributed by atoms with van der Waals surface area (Å²) in [5.74, 6) is 1.31. The molecule has 0 saturated carbocycles. The van der Waals surface area contributed by atoms with E-state index >= 15 is 0 Å². The van der Waals surface area contributed by atoms with Crippen LogP contribution in [0.5, 0.6) is 0 Å². The Hall–Kier alpha value is -2.78. The molecule has 4 aromatic rings. The van der Waals surface area contributed by atoms with Crippen LogP contribution in [0, 0.1) is 13.8 Å². The van der Waals surface area contributed by atoms with Crippen LogP contribution in [0.1, 0.15) is 36.6 Å². The molecule has 0 spiro atoms. The molecule has 0 amide bonds. The first-order valence-electron chi connectivity index (χ1n) is 11.4. The Labute approximate surface area is 203 Å². The number of H-pyrrole nitrogens is 1. The number of aromatic amines is 1. The molecule has 2 N–H and O–H groups in total. The Kier molecular flexibility index (Phi) is 7.63. The second-order valence-corrected chi connectivity index (χ2v) is 9.77. The number of nitrogens with one attached hydrogen (secondary N) is 1. The van der Waals surface area contributed by atoms with Crippen LogP contribution >= 0.6 is 11.3 Å². The summed E-state index contributed by atoms with van der Waals surface area (Å²) in [5.41, 5.74) is 4.21. The highest BCUT2D eigenvalue weighted by atomic mass is 32.1. The number of hydrogen-bond acceptors (Lipinski definition) is 7. The van der Waals surface area contributed by atoms with Gasteiger partial charge in [-0.15, -0.1) is 11.3 Å². The first-order valence-corrected chi connectivity index (χ1v) is 12.3. The lowest BCUT2D eigenvalue weighted by Crippen LogP contribution is -2.39. The van der Waals surface area contributed by atoms with Crippen molar-refractivity contribution in [2.24, 2.45) is 0 Å². The highest BCUT2D eigenvalue weighted by Crippen LogP contribution is 2.31. The minimum atomic E-state index is -0.675. The minimum absolute atomic E-state index is 0.138. The number of furan rings is 1. The average Bonchev–Trinajstić information content (AvgIpc) is 3.45. The van der Waals surface area contributed by atoms with Crippen molar-refractivity contribution in [3.05, 3.63) is 75.0 Å². The molecule has 0 aliphatic heterocycles. The summed E-state index contributed by atoms with van der Waals surface area (Å²) in [4.78, 5) is 23.6. The largest absolute Gasteiger partial charge is 0.467 e. The molecule has 1 aromatic carbocycles. The highest BCUT2D eigenvalue weighted by molar-refractivity contribution is 7.17. The smallest absolute Gasteiger partial charge is 0.260 e. The lowest BCUT2D eigenvalue weighted by atomic mass is 10.0. The van der Waals surface area contributed by atoms with Gasteiger partial charge in [-0.05, 0) is 56.5 Å². The zero-order chi connectivity index (χ0) is 24.2. The van der Waals surface area contributed by atoms with Crippen molar-refractivity contribution in [2.75, 3.05) is 13.2 Å². The monoisotopic (exact) mass is 481 g/mol. The van der Waals surface area contributed by atoms with E-state index in [9.17, 15) is 9.90 Å². The van der Waals surface area contributed by atoms with Gasteiger partial charge in [0.1, 0.15) is 23.0 Å². The molecule has 1 atom stereocenters. The van der Waals surface area contributed by atoms with E-state index in [-0.39, 0.29) is 18.2 Å². The standard InChI is InChI=1S/C26H31N3O4S/c1-16(2)29(11-20(30)13-32-14-21-6-5-9-33-21)12-23-27-25(31)24-22(15-34-26(24)28-23)19-8-7-17(3)18(4)10-19/h5-10,15-16,20,30H,11-14H2,1-4H3,(H,27,28,31). The number of aromatic nitrogens is 2. The Morgan fingerprint density at radius 2 is 2.06 bits per heavy atom. The fourth-order valence-electron chi connectivity index (χ4n) is 3.85. The van der Waals surface area contributed by atoms with E-state index < -0.39 is 6.10 Å². The fraction of sp³-hybridized carbons (Fsp3) is 0.385. The summed E-state index contributed by atoms with van der Waals surface area (Å²) in [6, 6.07) is 10.0. The number of aliphatic hydroxyl groups is 1. The molecule has 8 heteroatoms. The Bertz CT molecular complexity index is 1290. The lowest BCUT2D eigenvalue weighted by molar-refractivity contribution is -0.00158. The summed E-state index contributed by atoms with van der Waals surface area (Å²) in [6.07, 6.45) is 0.921. The summed E-state index contributed by atoms with van der Waals surface area (Å²) in [7, 11) is 0. The van der Waals surface area contributed by atoms with E-state index in [0.717, 1.165) is 21.7 Å². The van der Waals surface area contributed by atoms with Crippen molar-refractivity contribution in [1.82, 2.24) is 14.9 Å². The van der Waals surface area contributed by atoms with Crippen LogP contribution in [-0.4, -0.2) is 45.3 Å². The van der Waals surface area contributed by atoms with Gasteiger partial charge in [-0.2, -0.15) is 0 Å². The van der Waals surface area contributed by atoms with Gasteiger partial charge in [-0.3, -0.25) is 9.69 Å². The van der Waals surface area contributed by atoms with Crippen LogP contribution in [0.4, 0.5) is 0 Å². The number of aryl methyl sites for hydroxylation is 2. The van der Waals surface area contributed by atoms with Gasteiger partial charge in [0.15, 0.2) is 0 Å². The van der Waals surface area contributed by atoms with Crippen LogP contribution in [0.25, 0.3) is 21.3 Å². The summed E-state index contributed by atoms with van der Waals surface area (Å²) < 4.78 is 10.8. The predicted octanol–water partition coefficient (Wildman–Crippen LogP) is 4.65. The van der Waals surface area contributed by atoms with E-state index in [4.69, 9.17) is 14.1 Å². The molecule has 3 heterocycles. The van der Waals surface area contributed by atoms with Gasteiger partial charge < -0.3 is 19.2 Å². The predicted molar refractivity (Wildman–Crippen MR) is 135 cm³/mol. The van der Waals surface area contributed by atoms with Crippen LogP contribution < -0.4 is 5.56 Å². The van der Waals surface area contributed by atoms with Crippen molar-refractivity contribution in [3.63, 3.8) is 0 Å². The number of hydrogen-bond donors (Lipinski definition) is 2. The maximum absolute atomic E-state index is 13.0. The number of nitrogens with zero attached hydrogens (tertiary/aromatic N) is 2. The van der Waals surface area contributed by atoms with Crippen molar-refractivity contribution in [1.29, 1.82) is 0 Å². The van der Waals surface area contributed by atoms with Crippen molar-refractivity contribution in [2.45, 2.75) is 53.0 Å². The lowest BCUT2D eigenvalue weighted by Gasteiger charge is -2.28. The summed E-state index contributed by atoms with van der Waals surface area (Å²) >= 11 is 1.48. The quantitative estimate of drug-likeness (QED) is 0.343. The van der Waals surface area contributed by atoms with Gasteiger partial charge in [-0.1, -0.05) is 18.2 Å². The molecule has 1 unspecified atom stereocenters. The molecule has 180 valence electrons. The molecule has 34 heavy (non-hydrogen) atoms. The number of rotatable bonds is 10. The third-order valence-corrected chi connectivity index (χ3v) is 6.85. The van der Waals surface area contributed by atoms with Gasteiger partial charge in [0.05, 0.1) is 30.9 Å².